The second kappa shape index (κ2) is 10.9. The van der Waals surface area contributed by atoms with Crippen molar-refractivity contribution in [3.8, 4) is 11.5 Å². The van der Waals surface area contributed by atoms with Crippen LogP contribution in [0.15, 0.2) is 66.7 Å². The highest BCUT2D eigenvalue weighted by Gasteiger charge is 2.45. The molecule has 186 valence electrons. The Labute approximate surface area is 220 Å². The molecular weight excluding hydrogens is 580 g/mol. The highest BCUT2D eigenvalue weighted by Crippen LogP contribution is 2.28. The molecule has 0 bridgehead atoms. The molecule has 36 heavy (non-hydrogen) atoms. The van der Waals surface area contributed by atoms with Crippen molar-refractivity contribution < 1.29 is 28.2 Å². The number of ether oxygens (including phenoxy) is 2. The summed E-state index contributed by atoms with van der Waals surface area (Å²) in [6.45, 7) is 0. The Morgan fingerprint density at radius 2 is 1.64 bits per heavy atom. The first-order valence-corrected chi connectivity index (χ1v) is 12.0. The van der Waals surface area contributed by atoms with Gasteiger partial charge in [0.25, 0.3) is 5.91 Å². The number of anilines is 1. The van der Waals surface area contributed by atoms with E-state index in [0.717, 1.165) is 4.90 Å². The fourth-order valence-corrected chi connectivity index (χ4v) is 4.36. The summed E-state index contributed by atoms with van der Waals surface area (Å²) in [5.41, 5.74) is 1.19. The Kier molecular flexibility index (Phi) is 7.73. The Morgan fingerprint density at radius 1 is 1.03 bits per heavy atom. The first-order chi connectivity index (χ1) is 17.3. The number of nitrogens with zero attached hydrogens (tertiary/aromatic N) is 1. The molecule has 10 heteroatoms. The third-order valence-corrected chi connectivity index (χ3v) is 6.48. The summed E-state index contributed by atoms with van der Waals surface area (Å²) >= 11 is 1.96. The topological polar surface area (TPSA) is 97.0 Å². The van der Waals surface area contributed by atoms with Crippen LogP contribution in [-0.4, -0.2) is 43.0 Å². The normalized spacial score (nSPS) is 15.9. The summed E-state index contributed by atoms with van der Waals surface area (Å²) in [6, 6.07) is 15.1. The minimum absolute atomic E-state index is 0.0241. The maximum absolute atomic E-state index is 14.5. The van der Waals surface area contributed by atoms with Crippen LogP contribution in [0, 0.1) is 9.39 Å². The first-order valence-electron chi connectivity index (χ1n) is 11.0. The number of nitrogens with one attached hydrogen (secondary N) is 2. The van der Waals surface area contributed by atoms with Gasteiger partial charge in [-0.3, -0.25) is 9.59 Å². The number of benzene rings is 3. The highest BCUT2D eigenvalue weighted by atomic mass is 127. The zero-order chi connectivity index (χ0) is 25.8. The smallest absolute Gasteiger partial charge is 0.325 e. The summed E-state index contributed by atoms with van der Waals surface area (Å²) in [5.74, 6) is -0.669. The molecule has 8 nitrogen and oxygen atoms in total. The van der Waals surface area contributed by atoms with Gasteiger partial charge in [-0.05, 0) is 76.2 Å². The van der Waals surface area contributed by atoms with E-state index in [2.05, 4.69) is 10.6 Å². The number of halogens is 2. The molecule has 2 N–H and O–H groups in total. The van der Waals surface area contributed by atoms with Crippen LogP contribution in [0.1, 0.15) is 17.2 Å². The fraction of sp³-hybridized carbons (Fsp3) is 0.192. The maximum Gasteiger partial charge on any atom is 0.325 e. The van der Waals surface area contributed by atoms with Gasteiger partial charge in [0.1, 0.15) is 29.4 Å². The van der Waals surface area contributed by atoms with Crippen LogP contribution in [0.3, 0.4) is 0 Å². The van der Waals surface area contributed by atoms with E-state index in [1.54, 1.807) is 54.6 Å². The molecule has 2 atom stereocenters. The van der Waals surface area contributed by atoms with Crippen LogP contribution < -0.4 is 20.1 Å². The molecule has 3 aromatic carbocycles. The number of amides is 4. The lowest BCUT2D eigenvalue weighted by molar-refractivity contribution is -0.134. The molecule has 0 aliphatic carbocycles. The van der Waals surface area contributed by atoms with Crippen molar-refractivity contribution >= 4 is 46.1 Å². The number of rotatable bonds is 8. The largest absolute Gasteiger partial charge is 0.497 e. The second-order valence-electron chi connectivity index (χ2n) is 8.05. The molecule has 1 heterocycles. The standard InChI is InChI=1S/C26H23FIN3O5/c1-35-18-8-3-15(4-9-18)13-22(24(32)29-21-12-7-17(28)14-20(21)27)31-25(33)23(30-26(31)34)16-5-10-19(36-2)11-6-16/h3-12,14,22-23H,13H2,1-2H3,(H,29,32)(H,30,34)/t22-,23+/m0/s1. The van der Waals surface area contributed by atoms with Crippen molar-refractivity contribution in [1.82, 2.24) is 10.2 Å². The molecule has 0 unspecified atom stereocenters. The number of hydrogen-bond acceptors (Lipinski definition) is 5. The van der Waals surface area contributed by atoms with E-state index >= 15 is 0 Å². The van der Waals surface area contributed by atoms with Crippen molar-refractivity contribution in [3.05, 3.63) is 87.2 Å². The fourth-order valence-electron chi connectivity index (χ4n) is 3.90. The lowest BCUT2D eigenvalue weighted by Gasteiger charge is -2.25. The molecule has 4 amide bonds. The number of urea groups is 1. The van der Waals surface area contributed by atoms with Crippen molar-refractivity contribution in [1.29, 1.82) is 0 Å². The van der Waals surface area contributed by atoms with Gasteiger partial charge in [0.15, 0.2) is 0 Å². The van der Waals surface area contributed by atoms with Crippen molar-refractivity contribution in [2.75, 3.05) is 19.5 Å². The predicted octanol–water partition coefficient (Wildman–Crippen LogP) is 4.29. The van der Waals surface area contributed by atoms with Crippen LogP contribution in [0.25, 0.3) is 0 Å². The van der Waals surface area contributed by atoms with E-state index < -0.39 is 35.7 Å². The second-order valence-corrected chi connectivity index (χ2v) is 9.29. The summed E-state index contributed by atoms with van der Waals surface area (Å²) in [6.07, 6.45) is 0.0241. The van der Waals surface area contributed by atoms with E-state index in [1.807, 2.05) is 22.6 Å². The Balaban J connectivity index is 1.64. The van der Waals surface area contributed by atoms with Gasteiger partial charge in [0.05, 0.1) is 19.9 Å². The highest BCUT2D eigenvalue weighted by molar-refractivity contribution is 14.1. The van der Waals surface area contributed by atoms with Crippen molar-refractivity contribution in [3.63, 3.8) is 0 Å². The van der Waals surface area contributed by atoms with Gasteiger partial charge in [-0.2, -0.15) is 0 Å². The Bertz CT molecular complexity index is 1280. The van der Waals surface area contributed by atoms with Gasteiger partial charge in [0, 0.05) is 9.99 Å². The summed E-state index contributed by atoms with van der Waals surface area (Å²) in [7, 11) is 3.06. The lowest BCUT2D eigenvalue weighted by atomic mass is 10.0. The molecule has 0 aromatic heterocycles. The zero-order valence-electron chi connectivity index (χ0n) is 19.5. The third-order valence-electron chi connectivity index (χ3n) is 5.81. The molecule has 3 aromatic rings. The van der Waals surface area contributed by atoms with Crippen LogP contribution in [0.5, 0.6) is 11.5 Å². The van der Waals surface area contributed by atoms with Crippen LogP contribution in [-0.2, 0) is 16.0 Å². The van der Waals surface area contributed by atoms with Gasteiger partial charge < -0.3 is 20.1 Å². The number of hydrogen-bond donors (Lipinski definition) is 2. The SMILES string of the molecule is COc1ccc(C[C@@H](C(=O)Nc2ccc(I)cc2F)N2C(=O)N[C@H](c3ccc(OC)cc3)C2=O)cc1. The van der Waals surface area contributed by atoms with Crippen LogP contribution in [0.4, 0.5) is 14.9 Å². The van der Waals surface area contributed by atoms with Crippen LogP contribution >= 0.6 is 22.6 Å². The van der Waals surface area contributed by atoms with Gasteiger partial charge in [-0.25, -0.2) is 14.1 Å². The molecule has 0 radical (unpaired) electrons. The van der Waals surface area contributed by atoms with Crippen molar-refractivity contribution in [2.45, 2.75) is 18.5 Å². The van der Waals surface area contributed by atoms with E-state index in [1.165, 1.54) is 26.4 Å². The molecule has 4 rings (SSSR count). The zero-order valence-corrected chi connectivity index (χ0v) is 21.6. The molecule has 1 aliphatic rings. The summed E-state index contributed by atoms with van der Waals surface area (Å²) in [5, 5.41) is 5.19. The first kappa shape index (κ1) is 25.4. The quantitative estimate of drug-likeness (QED) is 0.296. The number of imide groups is 1. The average molecular weight is 603 g/mol. The molecule has 0 spiro atoms. The minimum atomic E-state index is -1.23. The Morgan fingerprint density at radius 3 is 2.22 bits per heavy atom. The van der Waals surface area contributed by atoms with Gasteiger partial charge in [-0.1, -0.05) is 24.3 Å². The van der Waals surface area contributed by atoms with Gasteiger partial charge >= 0.3 is 6.03 Å². The summed E-state index contributed by atoms with van der Waals surface area (Å²) < 4.78 is 25.4. The molecule has 1 aliphatic heterocycles. The molecule has 1 saturated heterocycles. The lowest BCUT2D eigenvalue weighted by Crippen LogP contribution is -2.49. The number of carbonyl (C=O) groups is 3. The summed E-state index contributed by atoms with van der Waals surface area (Å²) in [4.78, 5) is 40.7. The Hall–Kier alpha value is -3.67. The number of methoxy groups -OCH3 is 2. The predicted molar refractivity (Wildman–Crippen MR) is 139 cm³/mol. The maximum atomic E-state index is 14.5. The van der Waals surface area contributed by atoms with E-state index in [4.69, 9.17) is 9.47 Å². The van der Waals surface area contributed by atoms with Crippen molar-refractivity contribution in [2.24, 2.45) is 0 Å². The van der Waals surface area contributed by atoms with Gasteiger partial charge in [-0.15, -0.1) is 0 Å². The molecular formula is C26H23FIN3O5. The van der Waals surface area contributed by atoms with E-state index in [-0.39, 0.29) is 12.1 Å². The third kappa shape index (κ3) is 5.43. The minimum Gasteiger partial charge on any atom is -0.497 e. The van der Waals surface area contributed by atoms with Gasteiger partial charge in [0.2, 0.25) is 5.91 Å². The molecule has 1 fully saturated rings. The van der Waals surface area contributed by atoms with E-state index in [9.17, 15) is 18.8 Å². The van der Waals surface area contributed by atoms with Crippen LogP contribution in [0.2, 0.25) is 0 Å². The number of carbonyl (C=O) groups excluding carboxylic acids is 3. The van der Waals surface area contributed by atoms with E-state index in [0.29, 0.717) is 26.2 Å². The molecule has 0 saturated carbocycles. The average Bonchev–Trinajstić information content (AvgIpc) is 3.18. The monoisotopic (exact) mass is 603 g/mol.